The molecular weight excluding hydrogens is 284 g/mol. The molecular formula is C16H28N2O2S. The minimum absolute atomic E-state index is 0.0221. The van der Waals surface area contributed by atoms with Gasteiger partial charge in [-0.3, -0.25) is 0 Å². The van der Waals surface area contributed by atoms with Gasteiger partial charge in [0.05, 0.1) is 6.10 Å². The molecule has 120 valence electrons. The van der Waals surface area contributed by atoms with E-state index in [2.05, 4.69) is 0 Å². The second-order valence-corrected chi connectivity index (χ2v) is 7.61. The van der Waals surface area contributed by atoms with Crippen molar-refractivity contribution in [1.82, 2.24) is 0 Å². The zero-order chi connectivity index (χ0) is 16.0. The lowest BCUT2D eigenvalue weighted by atomic mass is 10.1. The summed E-state index contributed by atoms with van der Waals surface area (Å²) in [6.45, 7) is 10.5. The van der Waals surface area contributed by atoms with Crippen LogP contribution in [0.5, 0.6) is 5.75 Å². The van der Waals surface area contributed by atoms with E-state index in [4.69, 9.17) is 20.9 Å². The van der Waals surface area contributed by atoms with Gasteiger partial charge < -0.3 is 20.9 Å². The van der Waals surface area contributed by atoms with Gasteiger partial charge in [0.1, 0.15) is 16.1 Å². The minimum Gasteiger partial charge on any atom is -0.480 e. The van der Waals surface area contributed by atoms with E-state index in [1.165, 1.54) is 0 Å². The molecule has 1 rings (SSSR count). The highest BCUT2D eigenvalue weighted by molar-refractivity contribution is 8.00. The molecule has 4 N–H and O–H groups in total. The monoisotopic (exact) mass is 312 g/mol. The van der Waals surface area contributed by atoms with Gasteiger partial charge in [0, 0.05) is 12.6 Å². The number of nitrogens with two attached hydrogens (primary N) is 2. The highest BCUT2D eigenvalue weighted by Crippen LogP contribution is 2.32. The van der Waals surface area contributed by atoms with Gasteiger partial charge in [-0.2, -0.15) is 0 Å². The SMILES string of the molecule is CC(CN)OC(C)(C)SC(C)Oc1ccc(C(C)N)cc1. The number of ether oxygens (including phenoxy) is 2. The predicted octanol–water partition coefficient (Wildman–Crippen LogP) is 3.26. The third-order valence-electron chi connectivity index (χ3n) is 2.97. The molecule has 0 saturated heterocycles. The Morgan fingerprint density at radius 2 is 1.71 bits per heavy atom. The van der Waals surface area contributed by atoms with Crippen molar-refractivity contribution in [3.63, 3.8) is 0 Å². The van der Waals surface area contributed by atoms with Gasteiger partial charge in [-0.15, -0.1) is 0 Å². The van der Waals surface area contributed by atoms with E-state index in [-0.39, 0.29) is 22.5 Å². The van der Waals surface area contributed by atoms with Crippen LogP contribution in [0, 0.1) is 0 Å². The molecule has 0 aliphatic carbocycles. The largest absolute Gasteiger partial charge is 0.480 e. The van der Waals surface area contributed by atoms with E-state index in [1.54, 1.807) is 11.8 Å². The van der Waals surface area contributed by atoms with Gasteiger partial charge in [0.2, 0.25) is 0 Å². The Morgan fingerprint density at radius 3 is 2.19 bits per heavy atom. The Bertz CT molecular complexity index is 421. The quantitative estimate of drug-likeness (QED) is 0.721. The van der Waals surface area contributed by atoms with Crippen molar-refractivity contribution >= 4 is 11.8 Å². The van der Waals surface area contributed by atoms with Gasteiger partial charge >= 0.3 is 0 Å². The average Bonchev–Trinajstić information content (AvgIpc) is 2.37. The summed E-state index contributed by atoms with van der Waals surface area (Å²) in [4.78, 5) is -0.343. The van der Waals surface area contributed by atoms with Crippen LogP contribution in [-0.2, 0) is 4.74 Å². The molecule has 0 aliphatic heterocycles. The van der Waals surface area contributed by atoms with E-state index in [0.717, 1.165) is 11.3 Å². The van der Waals surface area contributed by atoms with E-state index in [0.29, 0.717) is 6.54 Å². The lowest BCUT2D eigenvalue weighted by molar-refractivity contribution is -0.0000219. The summed E-state index contributed by atoms with van der Waals surface area (Å²) in [6.07, 6.45) is 0.0324. The zero-order valence-corrected chi connectivity index (χ0v) is 14.4. The highest BCUT2D eigenvalue weighted by Gasteiger charge is 2.25. The summed E-state index contributed by atoms with van der Waals surface area (Å²) in [6, 6.07) is 7.93. The van der Waals surface area contributed by atoms with Crippen LogP contribution in [0.25, 0.3) is 0 Å². The zero-order valence-electron chi connectivity index (χ0n) is 13.6. The Morgan fingerprint density at radius 1 is 1.14 bits per heavy atom. The van der Waals surface area contributed by atoms with Gasteiger partial charge in [0.15, 0.2) is 0 Å². The fourth-order valence-electron chi connectivity index (χ4n) is 2.03. The number of hydrogen-bond donors (Lipinski definition) is 2. The fraction of sp³-hybridized carbons (Fsp3) is 0.625. The van der Waals surface area contributed by atoms with Crippen molar-refractivity contribution in [2.24, 2.45) is 11.5 Å². The summed E-state index contributed by atoms with van der Waals surface area (Å²) in [5.41, 5.74) is 12.5. The van der Waals surface area contributed by atoms with Crippen molar-refractivity contribution in [2.45, 2.75) is 57.1 Å². The van der Waals surface area contributed by atoms with Crippen LogP contribution in [0.1, 0.15) is 46.2 Å². The van der Waals surface area contributed by atoms with Gasteiger partial charge in [-0.25, -0.2) is 0 Å². The lowest BCUT2D eigenvalue weighted by Gasteiger charge is -2.30. The summed E-state index contributed by atoms with van der Waals surface area (Å²) in [5, 5.41) is 0. The Hall–Kier alpha value is -0.750. The van der Waals surface area contributed by atoms with Crippen LogP contribution in [0.4, 0.5) is 0 Å². The summed E-state index contributed by atoms with van der Waals surface area (Å²) >= 11 is 1.63. The van der Waals surface area contributed by atoms with E-state index < -0.39 is 0 Å². The van der Waals surface area contributed by atoms with Crippen molar-refractivity contribution in [3.8, 4) is 5.75 Å². The molecule has 5 heteroatoms. The molecule has 0 heterocycles. The first-order valence-corrected chi connectivity index (χ1v) is 8.19. The molecule has 3 atom stereocenters. The molecule has 0 spiro atoms. The van der Waals surface area contributed by atoms with Crippen molar-refractivity contribution < 1.29 is 9.47 Å². The predicted molar refractivity (Wildman–Crippen MR) is 90.4 cm³/mol. The maximum atomic E-state index is 5.91. The molecule has 0 fully saturated rings. The number of hydrogen-bond acceptors (Lipinski definition) is 5. The lowest BCUT2D eigenvalue weighted by Crippen LogP contribution is -2.32. The van der Waals surface area contributed by atoms with Crippen molar-refractivity contribution in [2.75, 3.05) is 6.54 Å². The molecule has 1 aromatic rings. The second kappa shape index (κ2) is 8.03. The molecule has 21 heavy (non-hydrogen) atoms. The van der Waals surface area contributed by atoms with Gasteiger partial charge in [0.25, 0.3) is 0 Å². The van der Waals surface area contributed by atoms with Crippen LogP contribution in [0.15, 0.2) is 24.3 Å². The van der Waals surface area contributed by atoms with E-state index >= 15 is 0 Å². The molecule has 4 nitrogen and oxygen atoms in total. The minimum atomic E-state index is -0.343. The molecule has 0 bridgehead atoms. The molecule has 0 saturated carbocycles. The average molecular weight is 312 g/mol. The van der Waals surface area contributed by atoms with E-state index in [1.807, 2.05) is 58.9 Å². The number of thioether (sulfide) groups is 1. The van der Waals surface area contributed by atoms with Crippen LogP contribution in [0.3, 0.4) is 0 Å². The van der Waals surface area contributed by atoms with Crippen LogP contribution >= 0.6 is 11.8 Å². The van der Waals surface area contributed by atoms with Crippen LogP contribution in [0.2, 0.25) is 0 Å². The maximum Gasteiger partial charge on any atom is 0.144 e. The van der Waals surface area contributed by atoms with Gasteiger partial charge in [-0.05, 0) is 52.3 Å². The summed E-state index contributed by atoms with van der Waals surface area (Å²) < 4.78 is 11.8. The molecule has 0 amide bonds. The molecule has 0 aromatic heterocycles. The molecule has 3 unspecified atom stereocenters. The number of rotatable bonds is 8. The maximum absolute atomic E-state index is 5.91. The highest BCUT2D eigenvalue weighted by atomic mass is 32.2. The molecule has 0 radical (unpaired) electrons. The van der Waals surface area contributed by atoms with E-state index in [9.17, 15) is 0 Å². The summed E-state index contributed by atoms with van der Waals surface area (Å²) in [7, 11) is 0. The normalized spacial score (nSPS) is 16.3. The standard InChI is InChI=1S/C16H28N2O2S/c1-11(10-17)20-16(4,5)21-13(3)19-15-8-6-14(7-9-15)12(2)18/h6-9,11-13H,10,17-18H2,1-5H3. The molecule has 0 aliphatic rings. The smallest absolute Gasteiger partial charge is 0.144 e. The Kier molecular flexibility index (Phi) is 7.00. The van der Waals surface area contributed by atoms with Crippen LogP contribution in [-0.4, -0.2) is 23.0 Å². The first kappa shape index (κ1) is 18.3. The Labute approximate surface area is 132 Å². The van der Waals surface area contributed by atoms with Crippen molar-refractivity contribution in [1.29, 1.82) is 0 Å². The first-order valence-electron chi connectivity index (χ1n) is 7.31. The van der Waals surface area contributed by atoms with Crippen molar-refractivity contribution in [3.05, 3.63) is 29.8 Å². The molecule has 1 aromatic carbocycles. The first-order chi connectivity index (χ1) is 9.73. The number of benzene rings is 1. The second-order valence-electron chi connectivity index (χ2n) is 5.73. The topological polar surface area (TPSA) is 70.5 Å². The van der Waals surface area contributed by atoms with Gasteiger partial charge in [-0.1, -0.05) is 23.9 Å². The fourth-order valence-corrected chi connectivity index (χ4v) is 3.20. The third-order valence-corrected chi connectivity index (χ3v) is 4.07. The Balaban J connectivity index is 2.54. The van der Waals surface area contributed by atoms with Crippen LogP contribution < -0.4 is 16.2 Å². The summed E-state index contributed by atoms with van der Waals surface area (Å²) in [5.74, 6) is 0.835. The third kappa shape index (κ3) is 6.70.